The number of hydrogen-bond donors (Lipinski definition) is 0. The van der Waals surface area contributed by atoms with E-state index in [1.165, 1.54) is 23.5 Å². The van der Waals surface area contributed by atoms with Gasteiger partial charge in [0.05, 0.1) is 0 Å². The molecule has 0 unspecified atom stereocenters. The number of fused-ring (bicyclic) bond motifs is 1. The fourth-order valence-corrected chi connectivity index (χ4v) is 3.15. The van der Waals surface area contributed by atoms with Crippen molar-refractivity contribution in [1.29, 1.82) is 0 Å². The van der Waals surface area contributed by atoms with Crippen molar-refractivity contribution < 1.29 is 9.13 Å². The van der Waals surface area contributed by atoms with Gasteiger partial charge in [-0.25, -0.2) is 4.39 Å². The van der Waals surface area contributed by atoms with Gasteiger partial charge in [-0.3, -0.25) is 0 Å². The Kier molecular flexibility index (Phi) is 3.70. The highest BCUT2D eigenvalue weighted by molar-refractivity contribution is 7.16. The Bertz CT molecular complexity index is 965. The summed E-state index contributed by atoms with van der Waals surface area (Å²) in [5, 5.41) is 13.7. The fraction of sp³-hybridized carbons (Fsp3) is 0.118. The second-order valence-corrected chi connectivity index (χ2v) is 6.23. The quantitative estimate of drug-likeness (QED) is 0.560. The van der Waals surface area contributed by atoms with Crippen LogP contribution in [-0.4, -0.2) is 19.8 Å². The second kappa shape index (κ2) is 6.01. The molecule has 0 spiro atoms. The van der Waals surface area contributed by atoms with Gasteiger partial charge in [0, 0.05) is 5.56 Å². The number of ether oxygens (including phenoxy) is 1. The molecule has 7 heteroatoms. The molecule has 120 valence electrons. The van der Waals surface area contributed by atoms with Crippen LogP contribution in [0.25, 0.3) is 16.3 Å². The minimum Gasteiger partial charge on any atom is -0.483 e. The Morgan fingerprint density at radius 3 is 2.54 bits per heavy atom. The van der Waals surface area contributed by atoms with Crippen molar-refractivity contribution in [2.24, 2.45) is 0 Å². The standard InChI is InChI=1S/C17H13FN4OS/c1-11(23-14-9-7-13(18)8-10-14)16-21-22-15(19-20-17(22)24-16)12-5-3-2-4-6-12/h2-11H,1H3/t11-/m0/s1. The minimum atomic E-state index is -0.290. The van der Waals surface area contributed by atoms with Gasteiger partial charge in [-0.05, 0) is 31.2 Å². The summed E-state index contributed by atoms with van der Waals surface area (Å²) in [7, 11) is 0. The molecule has 0 bridgehead atoms. The van der Waals surface area contributed by atoms with Crippen molar-refractivity contribution in [3.8, 4) is 17.1 Å². The average Bonchev–Trinajstić information content (AvgIpc) is 3.18. The molecule has 0 aliphatic carbocycles. The summed E-state index contributed by atoms with van der Waals surface area (Å²) in [6.45, 7) is 1.90. The summed E-state index contributed by atoms with van der Waals surface area (Å²) < 4.78 is 20.5. The number of nitrogens with zero attached hydrogens (tertiary/aromatic N) is 4. The molecule has 5 nitrogen and oxygen atoms in total. The van der Waals surface area contributed by atoms with Crippen LogP contribution in [0.4, 0.5) is 4.39 Å². The van der Waals surface area contributed by atoms with Crippen molar-refractivity contribution in [1.82, 2.24) is 19.8 Å². The van der Waals surface area contributed by atoms with Crippen molar-refractivity contribution >= 4 is 16.3 Å². The van der Waals surface area contributed by atoms with Gasteiger partial charge in [-0.2, -0.15) is 9.61 Å². The normalized spacial score (nSPS) is 12.4. The molecule has 2 aromatic heterocycles. The highest BCUT2D eigenvalue weighted by atomic mass is 32.1. The smallest absolute Gasteiger partial charge is 0.235 e. The van der Waals surface area contributed by atoms with Crippen molar-refractivity contribution in [3.05, 3.63) is 65.4 Å². The molecule has 0 amide bonds. The van der Waals surface area contributed by atoms with Gasteiger partial charge in [-0.15, -0.1) is 10.2 Å². The van der Waals surface area contributed by atoms with Gasteiger partial charge in [0.2, 0.25) is 4.96 Å². The van der Waals surface area contributed by atoms with E-state index in [0.29, 0.717) is 16.5 Å². The van der Waals surface area contributed by atoms with E-state index in [4.69, 9.17) is 4.74 Å². The summed E-state index contributed by atoms with van der Waals surface area (Å²) in [6, 6.07) is 15.7. The minimum absolute atomic E-state index is 0.272. The number of halogens is 1. The first-order valence-corrected chi connectivity index (χ1v) is 8.22. The summed E-state index contributed by atoms with van der Waals surface area (Å²) >= 11 is 1.42. The summed E-state index contributed by atoms with van der Waals surface area (Å²) in [6.07, 6.45) is -0.272. The number of hydrogen-bond acceptors (Lipinski definition) is 5. The van der Waals surface area contributed by atoms with Crippen LogP contribution in [0.5, 0.6) is 5.75 Å². The van der Waals surface area contributed by atoms with Gasteiger partial charge in [0.1, 0.15) is 17.7 Å². The first kappa shape index (κ1) is 14.8. The molecule has 0 aliphatic rings. The largest absolute Gasteiger partial charge is 0.483 e. The fourth-order valence-electron chi connectivity index (χ4n) is 2.33. The second-order valence-electron chi connectivity index (χ2n) is 5.24. The third kappa shape index (κ3) is 2.74. The van der Waals surface area contributed by atoms with Crippen LogP contribution in [0.15, 0.2) is 54.6 Å². The zero-order chi connectivity index (χ0) is 16.5. The molecular formula is C17H13FN4OS. The lowest BCUT2D eigenvalue weighted by molar-refractivity contribution is 0.225. The highest BCUT2D eigenvalue weighted by Crippen LogP contribution is 2.27. The van der Waals surface area contributed by atoms with E-state index in [1.807, 2.05) is 37.3 Å². The molecule has 0 saturated carbocycles. The molecule has 2 aromatic carbocycles. The Balaban J connectivity index is 1.63. The van der Waals surface area contributed by atoms with E-state index in [0.717, 1.165) is 10.6 Å². The molecule has 0 N–H and O–H groups in total. The Morgan fingerprint density at radius 2 is 1.79 bits per heavy atom. The first-order chi connectivity index (χ1) is 11.7. The van der Waals surface area contributed by atoms with E-state index in [2.05, 4.69) is 15.3 Å². The highest BCUT2D eigenvalue weighted by Gasteiger charge is 2.18. The SMILES string of the molecule is C[C@H](Oc1ccc(F)cc1)c1nn2c(-c3ccccc3)nnc2s1. The van der Waals surface area contributed by atoms with Crippen LogP contribution in [-0.2, 0) is 0 Å². The predicted molar refractivity (Wildman–Crippen MR) is 89.5 cm³/mol. The van der Waals surface area contributed by atoms with Crippen LogP contribution in [0.1, 0.15) is 18.0 Å². The Hall–Kier alpha value is -2.80. The van der Waals surface area contributed by atoms with E-state index in [9.17, 15) is 4.39 Å². The van der Waals surface area contributed by atoms with E-state index in [1.54, 1.807) is 16.6 Å². The lowest BCUT2D eigenvalue weighted by atomic mass is 10.2. The Labute approximate surface area is 141 Å². The third-order valence-electron chi connectivity index (χ3n) is 3.51. The lowest BCUT2D eigenvalue weighted by Gasteiger charge is -2.11. The summed E-state index contributed by atoms with van der Waals surface area (Å²) in [5.74, 6) is 1.00. The zero-order valence-corrected chi connectivity index (χ0v) is 13.6. The van der Waals surface area contributed by atoms with Crippen molar-refractivity contribution in [2.75, 3.05) is 0 Å². The molecule has 0 radical (unpaired) electrons. The van der Waals surface area contributed by atoms with Crippen LogP contribution < -0.4 is 4.74 Å². The van der Waals surface area contributed by atoms with Gasteiger partial charge < -0.3 is 4.74 Å². The van der Waals surface area contributed by atoms with Crippen LogP contribution in [0, 0.1) is 5.82 Å². The molecule has 1 atom stereocenters. The first-order valence-electron chi connectivity index (χ1n) is 7.40. The number of rotatable bonds is 4. The van der Waals surface area contributed by atoms with E-state index < -0.39 is 0 Å². The van der Waals surface area contributed by atoms with Gasteiger partial charge in [0.15, 0.2) is 10.8 Å². The number of aromatic nitrogens is 4. The lowest BCUT2D eigenvalue weighted by Crippen LogP contribution is -2.04. The monoisotopic (exact) mass is 340 g/mol. The molecular weight excluding hydrogens is 327 g/mol. The topological polar surface area (TPSA) is 52.3 Å². The molecule has 4 rings (SSSR count). The molecule has 4 aromatic rings. The van der Waals surface area contributed by atoms with E-state index >= 15 is 0 Å². The van der Waals surface area contributed by atoms with Crippen LogP contribution >= 0.6 is 11.3 Å². The van der Waals surface area contributed by atoms with Gasteiger partial charge in [0.25, 0.3) is 0 Å². The molecule has 24 heavy (non-hydrogen) atoms. The average molecular weight is 340 g/mol. The predicted octanol–water partition coefficient (Wildman–Crippen LogP) is 4.13. The molecule has 0 aliphatic heterocycles. The van der Waals surface area contributed by atoms with Crippen LogP contribution in [0.2, 0.25) is 0 Å². The molecule has 0 fully saturated rings. The van der Waals surface area contributed by atoms with Crippen molar-refractivity contribution in [2.45, 2.75) is 13.0 Å². The van der Waals surface area contributed by atoms with Crippen LogP contribution in [0.3, 0.4) is 0 Å². The summed E-state index contributed by atoms with van der Waals surface area (Å²) in [4.78, 5) is 0.707. The zero-order valence-electron chi connectivity index (χ0n) is 12.8. The maximum atomic E-state index is 13.0. The maximum absolute atomic E-state index is 13.0. The Morgan fingerprint density at radius 1 is 1.04 bits per heavy atom. The van der Waals surface area contributed by atoms with Gasteiger partial charge in [-0.1, -0.05) is 41.7 Å². The molecule has 2 heterocycles. The van der Waals surface area contributed by atoms with Crippen molar-refractivity contribution in [3.63, 3.8) is 0 Å². The third-order valence-corrected chi connectivity index (χ3v) is 4.57. The number of benzene rings is 2. The molecule has 0 saturated heterocycles. The summed E-state index contributed by atoms with van der Waals surface area (Å²) in [5.41, 5.74) is 0.953. The van der Waals surface area contributed by atoms with Gasteiger partial charge >= 0.3 is 0 Å². The van der Waals surface area contributed by atoms with E-state index in [-0.39, 0.29) is 11.9 Å². The maximum Gasteiger partial charge on any atom is 0.235 e.